The number of hydrogen-bond acceptors (Lipinski definition) is 4. The number of fused-ring (bicyclic) bond motifs is 1. The molecule has 0 aliphatic heterocycles. The number of rotatable bonds is 7. The summed E-state index contributed by atoms with van der Waals surface area (Å²) in [5.74, 6) is 0.252. The minimum absolute atomic E-state index is 0.146. The molecule has 8 heteroatoms. The van der Waals surface area contributed by atoms with E-state index in [0.717, 1.165) is 5.56 Å². The minimum Gasteiger partial charge on any atom is -0.338 e. The lowest BCUT2D eigenvalue weighted by Gasteiger charge is -2.17. The molecule has 0 radical (unpaired) electrons. The van der Waals surface area contributed by atoms with Crippen molar-refractivity contribution in [1.29, 1.82) is 0 Å². The summed E-state index contributed by atoms with van der Waals surface area (Å²) in [5.41, 5.74) is 1.35. The van der Waals surface area contributed by atoms with Gasteiger partial charge in [-0.25, -0.2) is 9.78 Å². The lowest BCUT2D eigenvalue weighted by atomic mass is 10.2. The molecule has 3 amide bonds. The van der Waals surface area contributed by atoms with Crippen molar-refractivity contribution < 1.29 is 9.59 Å². The largest absolute Gasteiger partial charge is 0.338 e. The standard InChI is InChI=1S/C21H23N5O3/c1-26(14-18-24-17-10-6-5-9-16(17)20(28)25-18)19(27)11-12-22-21(29)23-13-15-7-3-2-4-8-15/h2-10H,11-14H2,1H3,(H2,22,23,29)(H,24,25,28). The van der Waals surface area contributed by atoms with E-state index in [0.29, 0.717) is 23.3 Å². The first-order valence-corrected chi connectivity index (χ1v) is 9.30. The van der Waals surface area contributed by atoms with Gasteiger partial charge in [0.2, 0.25) is 5.91 Å². The third-order valence-corrected chi connectivity index (χ3v) is 4.39. The summed E-state index contributed by atoms with van der Waals surface area (Å²) >= 11 is 0. The minimum atomic E-state index is -0.329. The smallest absolute Gasteiger partial charge is 0.315 e. The molecule has 0 atom stereocenters. The summed E-state index contributed by atoms with van der Waals surface area (Å²) in [6, 6.07) is 16.3. The molecule has 0 saturated heterocycles. The number of nitrogens with one attached hydrogen (secondary N) is 3. The highest BCUT2D eigenvalue weighted by atomic mass is 16.2. The summed E-state index contributed by atoms with van der Waals surface area (Å²) in [6.45, 7) is 0.812. The first-order chi connectivity index (χ1) is 14.0. The number of aromatic nitrogens is 2. The van der Waals surface area contributed by atoms with Crippen LogP contribution in [0.25, 0.3) is 10.9 Å². The van der Waals surface area contributed by atoms with Gasteiger partial charge in [-0.15, -0.1) is 0 Å². The van der Waals surface area contributed by atoms with E-state index >= 15 is 0 Å². The van der Waals surface area contributed by atoms with E-state index in [1.165, 1.54) is 4.90 Å². The first kappa shape index (κ1) is 20.1. The SMILES string of the molecule is CN(Cc1nc2ccccc2c(=O)[nH]1)C(=O)CCNC(=O)NCc1ccccc1. The van der Waals surface area contributed by atoms with Crippen LogP contribution in [0.5, 0.6) is 0 Å². The van der Waals surface area contributed by atoms with Gasteiger partial charge in [0.1, 0.15) is 5.82 Å². The van der Waals surface area contributed by atoms with Crippen LogP contribution < -0.4 is 16.2 Å². The Kier molecular flexibility index (Phi) is 6.57. The van der Waals surface area contributed by atoms with Crippen molar-refractivity contribution in [2.75, 3.05) is 13.6 Å². The van der Waals surface area contributed by atoms with Crippen LogP contribution in [0.1, 0.15) is 17.8 Å². The number of aromatic amines is 1. The summed E-state index contributed by atoms with van der Waals surface area (Å²) in [4.78, 5) is 44.8. The van der Waals surface area contributed by atoms with Crippen LogP contribution in [0.2, 0.25) is 0 Å². The number of hydrogen-bond donors (Lipinski definition) is 3. The Balaban J connectivity index is 1.44. The van der Waals surface area contributed by atoms with Gasteiger partial charge in [-0.2, -0.15) is 0 Å². The van der Waals surface area contributed by atoms with Gasteiger partial charge in [-0.3, -0.25) is 9.59 Å². The van der Waals surface area contributed by atoms with E-state index < -0.39 is 0 Å². The van der Waals surface area contributed by atoms with Gasteiger partial charge < -0.3 is 20.5 Å². The third-order valence-electron chi connectivity index (χ3n) is 4.39. The molecule has 0 aliphatic carbocycles. The van der Waals surface area contributed by atoms with Crippen LogP contribution in [0, 0.1) is 0 Å². The predicted molar refractivity (Wildman–Crippen MR) is 110 cm³/mol. The van der Waals surface area contributed by atoms with Crippen LogP contribution >= 0.6 is 0 Å². The highest BCUT2D eigenvalue weighted by Gasteiger charge is 2.12. The molecule has 3 aromatic rings. The normalized spacial score (nSPS) is 10.5. The fraction of sp³-hybridized carbons (Fsp3) is 0.238. The van der Waals surface area contributed by atoms with Gasteiger partial charge in [-0.05, 0) is 17.7 Å². The van der Waals surface area contributed by atoms with Crippen molar-refractivity contribution in [2.24, 2.45) is 0 Å². The number of carbonyl (C=O) groups is 2. The summed E-state index contributed by atoms with van der Waals surface area (Å²) in [7, 11) is 1.63. The second-order valence-electron chi connectivity index (χ2n) is 6.62. The van der Waals surface area contributed by atoms with Crippen molar-refractivity contribution >= 4 is 22.8 Å². The Morgan fingerprint density at radius 1 is 1.03 bits per heavy atom. The van der Waals surface area contributed by atoms with Crippen LogP contribution in [0.4, 0.5) is 4.79 Å². The van der Waals surface area contributed by atoms with E-state index in [1.54, 1.807) is 25.2 Å². The molecule has 0 saturated carbocycles. The summed E-state index contributed by atoms with van der Waals surface area (Å²) < 4.78 is 0. The second-order valence-corrected chi connectivity index (χ2v) is 6.62. The second kappa shape index (κ2) is 9.50. The predicted octanol–water partition coefficient (Wildman–Crippen LogP) is 1.77. The number of urea groups is 1. The molecule has 0 fully saturated rings. The van der Waals surface area contributed by atoms with E-state index in [1.807, 2.05) is 36.4 Å². The topological polar surface area (TPSA) is 107 Å². The third kappa shape index (κ3) is 5.65. The molecule has 1 aromatic heterocycles. The molecule has 1 heterocycles. The molecule has 3 rings (SSSR count). The molecule has 29 heavy (non-hydrogen) atoms. The molecule has 8 nitrogen and oxygen atoms in total. The fourth-order valence-electron chi connectivity index (χ4n) is 2.84. The summed E-state index contributed by atoms with van der Waals surface area (Å²) in [5, 5.41) is 5.92. The molecule has 0 aliphatic rings. The Bertz CT molecular complexity index is 1050. The number of para-hydroxylation sites is 1. The van der Waals surface area contributed by atoms with Crippen molar-refractivity contribution in [1.82, 2.24) is 25.5 Å². The molecule has 0 unspecified atom stereocenters. The summed E-state index contributed by atoms with van der Waals surface area (Å²) in [6.07, 6.45) is 0.146. The Morgan fingerprint density at radius 3 is 2.55 bits per heavy atom. The molecule has 3 N–H and O–H groups in total. The number of nitrogens with zero attached hydrogens (tertiary/aromatic N) is 2. The van der Waals surface area contributed by atoms with E-state index in [4.69, 9.17) is 0 Å². The quantitative estimate of drug-likeness (QED) is 0.569. The van der Waals surface area contributed by atoms with Gasteiger partial charge in [0, 0.05) is 26.6 Å². The molecular formula is C21H23N5O3. The molecule has 2 aromatic carbocycles. The van der Waals surface area contributed by atoms with E-state index in [9.17, 15) is 14.4 Å². The van der Waals surface area contributed by atoms with E-state index in [2.05, 4.69) is 20.6 Å². The first-order valence-electron chi connectivity index (χ1n) is 9.30. The number of H-pyrrole nitrogens is 1. The molecule has 0 bridgehead atoms. The lowest BCUT2D eigenvalue weighted by Crippen LogP contribution is -2.38. The van der Waals surface area contributed by atoms with Crippen molar-refractivity contribution in [2.45, 2.75) is 19.5 Å². The highest BCUT2D eigenvalue weighted by molar-refractivity contribution is 5.79. The number of benzene rings is 2. The average Bonchev–Trinajstić information content (AvgIpc) is 2.73. The Hall–Kier alpha value is -3.68. The highest BCUT2D eigenvalue weighted by Crippen LogP contribution is 2.07. The zero-order valence-corrected chi connectivity index (χ0v) is 16.1. The monoisotopic (exact) mass is 393 g/mol. The van der Waals surface area contributed by atoms with Gasteiger partial charge in [0.15, 0.2) is 0 Å². The Morgan fingerprint density at radius 2 is 1.76 bits per heavy atom. The number of carbonyl (C=O) groups excluding carboxylic acids is 2. The van der Waals surface area contributed by atoms with Crippen LogP contribution in [0.3, 0.4) is 0 Å². The van der Waals surface area contributed by atoms with Gasteiger partial charge >= 0.3 is 6.03 Å². The van der Waals surface area contributed by atoms with Crippen molar-refractivity contribution in [3.05, 3.63) is 76.3 Å². The van der Waals surface area contributed by atoms with Crippen molar-refractivity contribution in [3.8, 4) is 0 Å². The maximum absolute atomic E-state index is 12.3. The lowest BCUT2D eigenvalue weighted by molar-refractivity contribution is -0.130. The maximum Gasteiger partial charge on any atom is 0.315 e. The number of amides is 3. The van der Waals surface area contributed by atoms with Crippen molar-refractivity contribution in [3.63, 3.8) is 0 Å². The van der Waals surface area contributed by atoms with E-state index in [-0.39, 0.29) is 37.0 Å². The molecular weight excluding hydrogens is 370 g/mol. The fourth-order valence-corrected chi connectivity index (χ4v) is 2.84. The molecule has 0 spiro atoms. The zero-order valence-electron chi connectivity index (χ0n) is 16.1. The molecule has 150 valence electrons. The zero-order chi connectivity index (χ0) is 20.6. The maximum atomic E-state index is 12.3. The Labute approximate surface area is 168 Å². The van der Waals surface area contributed by atoms with Gasteiger partial charge in [0.05, 0.1) is 17.4 Å². The van der Waals surface area contributed by atoms with Crippen LogP contribution in [0.15, 0.2) is 59.4 Å². The van der Waals surface area contributed by atoms with Gasteiger partial charge in [0.25, 0.3) is 5.56 Å². The van der Waals surface area contributed by atoms with Crippen LogP contribution in [-0.4, -0.2) is 40.4 Å². The van der Waals surface area contributed by atoms with Gasteiger partial charge in [-0.1, -0.05) is 42.5 Å². The average molecular weight is 393 g/mol. The van der Waals surface area contributed by atoms with Crippen LogP contribution in [-0.2, 0) is 17.9 Å².